The first-order valence-corrected chi connectivity index (χ1v) is 13.2. The number of piperidine rings is 1. The molecule has 5 heteroatoms. The van der Waals surface area contributed by atoms with Crippen LogP contribution in [0.3, 0.4) is 0 Å². The van der Waals surface area contributed by atoms with Crippen molar-refractivity contribution in [3.63, 3.8) is 0 Å². The number of rotatable bonds is 7. The fraction of sp³-hybridized carbons (Fsp3) is 0.242. The fourth-order valence-electron chi connectivity index (χ4n) is 5.34. The van der Waals surface area contributed by atoms with Crippen molar-refractivity contribution in [2.45, 2.75) is 32.1 Å². The van der Waals surface area contributed by atoms with Crippen molar-refractivity contribution in [2.24, 2.45) is 0 Å². The van der Waals surface area contributed by atoms with Crippen molar-refractivity contribution in [2.75, 3.05) is 19.6 Å². The molecule has 3 aromatic carbocycles. The molecule has 1 saturated heterocycles. The number of allylic oxidation sites excluding steroid dienone is 2. The maximum Gasteiger partial charge on any atom is 0.242 e. The third-order valence-corrected chi connectivity index (χ3v) is 7.35. The van der Waals surface area contributed by atoms with Crippen LogP contribution in [-0.4, -0.2) is 46.9 Å². The van der Waals surface area contributed by atoms with Crippen LogP contribution in [-0.2, 0) is 4.79 Å². The van der Waals surface area contributed by atoms with Crippen LogP contribution in [0, 0.1) is 6.92 Å². The van der Waals surface area contributed by atoms with E-state index in [-0.39, 0.29) is 24.0 Å². The lowest BCUT2D eigenvalue weighted by Gasteiger charge is -2.33. The lowest BCUT2D eigenvalue weighted by molar-refractivity contribution is -0.132. The highest BCUT2D eigenvalue weighted by Crippen LogP contribution is 2.40. The van der Waals surface area contributed by atoms with Gasteiger partial charge in [0.25, 0.3) is 0 Å². The van der Waals surface area contributed by atoms with Gasteiger partial charge in [0.1, 0.15) is 6.54 Å². The van der Waals surface area contributed by atoms with Crippen LogP contribution in [0.2, 0.25) is 0 Å². The van der Waals surface area contributed by atoms with E-state index in [9.17, 15) is 14.4 Å². The van der Waals surface area contributed by atoms with Crippen LogP contribution < -0.4 is 0 Å². The average molecular weight is 505 g/mol. The van der Waals surface area contributed by atoms with Gasteiger partial charge >= 0.3 is 0 Å². The summed E-state index contributed by atoms with van der Waals surface area (Å²) in [5.74, 6) is -0.857. The average Bonchev–Trinajstić information content (AvgIpc) is 2.98. The number of hydrogen-bond donors (Lipinski definition) is 0. The monoisotopic (exact) mass is 504 g/mol. The van der Waals surface area contributed by atoms with Crippen LogP contribution in [0.4, 0.5) is 0 Å². The second-order valence-electron chi connectivity index (χ2n) is 9.96. The Morgan fingerprint density at radius 2 is 1.18 bits per heavy atom. The Bertz CT molecular complexity index is 1320. The minimum Gasteiger partial charge on any atom is -0.344 e. The zero-order chi connectivity index (χ0) is 26.5. The first-order valence-electron chi connectivity index (χ1n) is 13.2. The summed E-state index contributed by atoms with van der Waals surface area (Å²) < 4.78 is 0. The van der Waals surface area contributed by atoms with Crippen molar-refractivity contribution < 1.29 is 14.4 Å². The largest absolute Gasteiger partial charge is 0.344 e. The Balaban J connectivity index is 1.62. The molecule has 1 amide bonds. The van der Waals surface area contributed by atoms with E-state index in [0.717, 1.165) is 43.5 Å². The predicted octanol–water partition coefficient (Wildman–Crippen LogP) is 5.94. The highest BCUT2D eigenvalue weighted by molar-refractivity contribution is 6.15. The molecule has 0 atom stereocenters. The highest BCUT2D eigenvalue weighted by atomic mass is 16.2. The van der Waals surface area contributed by atoms with Crippen molar-refractivity contribution in [3.05, 3.63) is 131 Å². The normalized spacial score (nSPS) is 16.0. The number of amides is 1. The van der Waals surface area contributed by atoms with Gasteiger partial charge < -0.3 is 9.80 Å². The van der Waals surface area contributed by atoms with E-state index in [1.165, 1.54) is 0 Å². The molecule has 0 N–H and O–H groups in total. The summed E-state index contributed by atoms with van der Waals surface area (Å²) in [4.78, 5) is 44.8. The molecule has 5 rings (SSSR count). The topological polar surface area (TPSA) is 57.7 Å². The third-order valence-electron chi connectivity index (χ3n) is 7.35. The molecule has 0 radical (unpaired) electrons. The van der Waals surface area contributed by atoms with Gasteiger partial charge in [-0.3, -0.25) is 14.4 Å². The molecule has 1 fully saturated rings. The number of likely N-dealkylation sites (tertiary alicyclic amines) is 1. The molecule has 0 unspecified atom stereocenters. The number of aryl methyl sites for hydroxylation is 1. The van der Waals surface area contributed by atoms with Gasteiger partial charge in [0.05, 0.1) is 0 Å². The van der Waals surface area contributed by atoms with Gasteiger partial charge in [0.2, 0.25) is 5.91 Å². The standard InChI is InChI=1S/C33H32N2O3/c1-24-13-9-10-18-27(24)31-28(32(37)25-14-5-2-6-15-25)21-34(23-30(36)35-19-11-4-12-20-35)22-29(31)33(38)26-16-7-3-8-17-26/h2-3,5-10,13-18,21-22,31H,4,11-12,19-20,23H2,1H3. The van der Waals surface area contributed by atoms with Gasteiger partial charge in [-0.15, -0.1) is 0 Å². The Kier molecular flexibility index (Phi) is 7.64. The molecule has 192 valence electrons. The van der Waals surface area contributed by atoms with Gasteiger partial charge in [-0.2, -0.15) is 0 Å². The summed E-state index contributed by atoms with van der Waals surface area (Å²) in [6.45, 7) is 3.57. The molecule has 0 aliphatic carbocycles. The van der Waals surface area contributed by atoms with Gasteiger partial charge in [-0.25, -0.2) is 0 Å². The molecule has 38 heavy (non-hydrogen) atoms. The molecular formula is C33H32N2O3. The SMILES string of the molecule is Cc1ccccc1C1C(C(=O)c2ccccc2)=CN(CC(=O)N2CCCCC2)C=C1C(=O)c1ccccc1. The van der Waals surface area contributed by atoms with Crippen LogP contribution in [0.1, 0.15) is 57.0 Å². The summed E-state index contributed by atoms with van der Waals surface area (Å²) in [6.07, 6.45) is 6.69. The molecule has 2 aliphatic heterocycles. The maximum atomic E-state index is 14.0. The quantitative estimate of drug-likeness (QED) is 0.374. The first kappa shape index (κ1) is 25.4. The van der Waals surface area contributed by atoms with E-state index in [4.69, 9.17) is 0 Å². The van der Waals surface area contributed by atoms with Crippen molar-refractivity contribution in [3.8, 4) is 0 Å². The van der Waals surface area contributed by atoms with E-state index in [1.807, 2.05) is 72.5 Å². The van der Waals surface area contributed by atoms with Crippen LogP contribution in [0.15, 0.2) is 108 Å². The van der Waals surface area contributed by atoms with Gasteiger partial charge in [-0.05, 0) is 37.3 Å². The lowest BCUT2D eigenvalue weighted by atomic mass is 9.76. The molecular weight excluding hydrogens is 472 g/mol. The lowest BCUT2D eigenvalue weighted by Crippen LogP contribution is -2.41. The van der Waals surface area contributed by atoms with Crippen molar-refractivity contribution in [1.82, 2.24) is 9.80 Å². The Labute approximate surface area is 224 Å². The number of hydrogen-bond acceptors (Lipinski definition) is 4. The molecule has 0 spiro atoms. The van der Waals surface area contributed by atoms with Gasteiger partial charge in [-0.1, -0.05) is 84.9 Å². The summed E-state index contributed by atoms with van der Waals surface area (Å²) in [5.41, 5.74) is 3.97. The molecule has 0 bridgehead atoms. The van der Waals surface area contributed by atoms with Gasteiger partial charge in [0, 0.05) is 53.7 Å². The smallest absolute Gasteiger partial charge is 0.242 e. The zero-order valence-corrected chi connectivity index (χ0v) is 21.7. The number of carbonyl (C=O) groups is 3. The molecule has 0 saturated carbocycles. The van der Waals surface area contributed by atoms with E-state index >= 15 is 0 Å². The van der Waals surface area contributed by atoms with Crippen LogP contribution >= 0.6 is 0 Å². The zero-order valence-electron chi connectivity index (χ0n) is 21.7. The van der Waals surface area contributed by atoms with E-state index in [2.05, 4.69) is 0 Å². The van der Waals surface area contributed by atoms with Crippen molar-refractivity contribution >= 4 is 17.5 Å². The van der Waals surface area contributed by atoms with Crippen molar-refractivity contribution in [1.29, 1.82) is 0 Å². The second-order valence-corrected chi connectivity index (χ2v) is 9.96. The summed E-state index contributed by atoms with van der Waals surface area (Å²) in [6, 6.07) is 26.1. The molecule has 0 aromatic heterocycles. The summed E-state index contributed by atoms with van der Waals surface area (Å²) >= 11 is 0. The summed E-state index contributed by atoms with van der Waals surface area (Å²) in [5, 5.41) is 0. The molecule has 2 aliphatic rings. The Morgan fingerprint density at radius 3 is 1.71 bits per heavy atom. The number of carbonyl (C=O) groups excluding carboxylic acids is 3. The number of ketones is 2. The third kappa shape index (κ3) is 5.37. The first-order chi connectivity index (χ1) is 18.5. The van der Waals surface area contributed by atoms with E-state index in [0.29, 0.717) is 22.3 Å². The van der Waals surface area contributed by atoms with Crippen LogP contribution in [0.5, 0.6) is 0 Å². The summed E-state index contributed by atoms with van der Waals surface area (Å²) in [7, 11) is 0. The maximum absolute atomic E-state index is 14.0. The second kappa shape index (κ2) is 11.4. The van der Waals surface area contributed by atoms with E-state index < -0.39 is 5.92 Å². The minimum absolute atomic E-state index is 0.00422. The number of benzene rings is 3. The van der Waals surface area contributed by atoms with Gasteiger partial charge in [0.15, 0.2) is 11.6 Å². The molecule has 5 nitrogen and oxygen atoms in total. The number of nitrogens with zero attached hydrogens (tertiary/aromatic N) is 2. The molecule has 2 heterocycles. The number of Topliss-reactive ketones (excluding diaryl/α,β-unsaturated/α-hetero) is 2. The minimum atomic E-state index is -0.557. The Hall–Kier alpha value is -4.25. The van der Waals surface area contributed by atoms with E-state index in [1.54, 1.807) is 41.6 Å². The predicted molar refractivity (Wildman–Crippen MR) is 149 cm³/mol. The highest BCUT2D eigenvalue weighted by Gasteiger charge is 2.36. The fourth-order valence-corrected chi connectivity index (χ4v) is 5.34. The molecule has 3 aromatic rings. The van der Waals surface area contributed by atoms with Crippen LogP contribution in [0.25, 0.3) is 0 Å². The Morgan fingerprint density at radius 1 is 0.684 bits per heavy atom.